The average molecular weight is 1490 g/mol. The van der Waals surface area contributed by atoms with E-state index in [1.165, 1.54) is 21.7 Å². The van der Waals surface area contributed by atoms with Crippen molar-refractivity contribution in [1.82, 2.24) is 43.7 Å². The van der Waals surface area contributed by atoms with Gasteiger partial charge in [0.1, 0.15) is 29.5 Å². The van der Waals surface area contributed by atoms with Crippen LogP contribution in [0.5, 0.6) is 5.75 Å². The number of hydrogen-bond donors (Lipinski definition) is 5. The lowest BCUT2D eigenvalue weighted by Gasteiger charge is -2.31. The van der Waals surface area contributed by atoms with Gasteiger partial charge in [0.25, 0.3) is 29.5 Å². The van der Waals surface area contributed by atoms with Crippen molar-refractivity contribution in [2.45, 2.75) is 109 Å². The Labute approximate surface area is 621 Å². The molecule has 10 rings (SSSR count). The molecule has 564 valence electrons. The minimum absolute atomic E-state index is 0.0177. The van der Waals surface area contributed by atoms with Gasteiger partial charge in [0.2, 0.25) is 23.5 Å². The number of hydrogen-bond acceptors (Lipinski definition) is 19. The van der Waals surface area contributed by atoms with Crippen molar-refractivity contribution < 1.29 is 81.6 Å². The molecule has 1 fully saturated rings. The van der Waals surface area contributed by atoms with Gasteiger partial charge in [-0.05, 0) is 104 Å². The number of ketones is 3. The number of aliphatic hydroxyl groups excluding tert-OH is 1. The van der Waals surface area contributed by atoms with Crippen LogP contribution in [0.25, 0.3) is 10.9 Å². The first-order valence-corrected chi connectivity index (χ1v) is 36.3. The predicted molar refractivity (Wildman–Crippen MR) is 396 cm³/mol. The second kappa shape index (κ2) is 35.3. The summed E-state index contributed by atoms with van der Waals surface area (Å²) in [7, 11) is 5.03. The summed E-state index contributed by atoms with van der Waals surface area (Å²) in [6, 6.07) is 19.0. The second-order valence-corrected chi connectivity index (χ2v) is 27.9. The van der Waals surface area contributed by atoms with Crippen LogP contribution in [0, 0.1) is 18.8 Å². The van der Waals surface area contributed by atoms with Crippen molar-refractivity contribution in [1.29, 1.82) is 0 Å². The highest BCUT2D eigenvalue weighted by molar-refractivity contribution is 7.98. The number of anilines is 3. The minimum atomic E-state index is -1.56. The standard InChI is InChI=1S/C77H88N12O17S/c1-45(2)56(38-54(90)22-27-103-29-30-104-28-23-78-67(93)21-25-87-69(95)18-19-70(87)96)72(97)79-48(5)63(91)34-49-12-14-50(15-13-49)44-106-77(102)89-59-39-65(47(4)32-57(59)74(99)88-40-46(3)31-62(88)76(89)101)105-26-10-11-68(94)81-66-43-85(8)71(82-66)64(92)35-51-33-60(83(6)41-51)73(98)80-53-37-61(84(7)42-53)75(100)86-24-20-52-36-55(107-9)16-17-58(52)86/h12-20,24,32-33,36-37,39,41-43,45,48,56,62,76,101H,3,10-11,21-23,25-31,34-35,38,40,44H2,1-2,4-9H3,(H,78,93)(H,79,97)(H,80,98)(H,81,94)/t48-,56-,62-,76?/m0/s1. The number of benzene rings is 3. The topological polar surface area (TPSA) is 352 Å². The maximum Gasteiger partial charge on any atom is 0.416 e. The summed E-state index contributed by atoms with van der Waals surface area (Å²) < 4.78 is 29.3. The zero-order valence-electron chi connectivity index (χ0n) is 61.0. The molecule has 107 heavy (non-hydrogen) atoms. The van der Waals surface area contributed by atoms with Crippen molar-refractivity contribution in [3.8, 4) is 5.75 Å². The SMILES string of the molecule is C=C1C[C@H]2C(O)N(C(=O)OCc3ccc(CC(=O)[C@H](C)NC(=O)[C@@H](CC(=O)CCOCCOCCNC(=O)CCN4C(=O)C=CC4=O)C(C)C)cc3)c3cc(OCCCC(=O)Nc4cn(C)c(C(=O)Cc5cc(C(=O)Nc6cc(C(=O)n7ccc8cc(SC)ccc87)n(C)c6)n(C)c5)n4)c(C)cc3C(=O)N2C1. The number of rotatable bonds is 35. The van der Waals surface area contributed by atoms with Crippen molar-refractivity contribution in [2.75, 3.05) is 74.5 Å². The molecule has 29 nitrogen and oxygen atoms in total. The van der Waals surface area contributed by atoms with E-state index in [0.29, 0.717) is 39.2 Å². The van der Waals surface area contributed by atoms with Crippen LogP contribution in [0.1, 0.15) is 124 Å². The van der Waals surface area contributed by atoms with Gasteiger partial charge in [0.15, 0.2) is 23.7 Å². The highest BCUT2D eigenvalue weighted by Gasteiger charge is 2.46. The molecule has 1 saturated heterocycles. The molecule has 3 aliphatic rings. The Morgan fingerprint density at radius 3 is 2.20 bits per heavy atom. The van der Waals surface area contributed by atoms with Gasteiger partial charge in [-0.15, -0.1) is 11.8 Å². The molecule has 4 aromatic heterocycles. The number of thioether (sulfide) groups is 1. The van der Waals surface area contributed by atoms with E-state index in [0.717, 1.165) is 37.8 Å². The van der Waals surface area contributed by atoms with Gasteiger partial charge < -0.3 is 63.9 Å². The number of aliphatic hydroxyl groups is 1. The number of imide groups is 1. The quantitative estimate of drug-likeness (QED) is 0.00862. The zero-order chi connectivity index (χ0) is 76.9. The highest BCUT2D eigenvalue weighted by atomic mass is 32.2. The number of carbonyl (C=O) groups is 12. The third-order valence-corrected chi connectivity index (χ3v) is 19.4. The Morgan fingerprint density at radius 2 is 1.47 bits per heavy atom. The summed E-state index contributed by atoms with van der Waals surface area (Å²) in [6.07, 6.45) is 8.56. The van der Waals surface area contributed by atoms with E-state index in [9.17, 15) is 62.6 Å². The first-order chi connectivity index (χ1) is 51.1. The fourth-order valence-electron chi connectivity index (χ4n) is 12.8. The van der Waals surface area contributed by atoms with Gasteiger partial charge in [-0.1, -0.05) is 50.3 Å². The van der Waals surface area contributed by atoms with Crippen molar-refractivity contribution in [3.63, 3.8) is 0 Å². The van der Waals surface area contributed by atoms with Crippen molar-refractivity contribution in [2.24, 2.45) is 33.0 Å². The first-order valence-electron chi connectivity index (χ1n) is 35.1. The lowest BCUT2D eigenvalue weighted by atomic mass is 9.88. The summed E-state index contributed by atoms with van der Waals surface area (Å²) in [5.41, 5.74) is 4.89. The molecule has 0 radical (unpaired) electrons. The minimum Gasteiger partial charge on any atom is -0.493 e. The third-order valence-electron chi connectivity index (χ3n) is 18.7. The number of Topliss-reactive ketones (excluding diaryl/α,β-unsaturated/α-hetero) is 3. The van der Waals surface area contributed by atoms with Gasteiger partial charge in [-0.2, -0.15) is 0 Å². The van der Waals surface area contributed by atoms with Gasteiger partial charge in [-0.25, -0.2) is 14.7 Å². The molecule has 3 aliphatic heterocycles. The number of carbonyl (C=O) groups excluding carboxylic acids is 12. The van der Waals surface area contributed by atoms with Crippen LogP contribution in [-0.4, -0.2) is 186 Å². The molecule has 30 heteroatoms. The van der Waals surface area contributed by atoms with Crippen LogP contribution in [0.3, 0.4) is 0 Å². The number of nitrogens with zero attached hydrogens (tertiary/aromatic N) is 8. The van der Waals surface area contributed by atoms with Crippen LogP contribution in [0.4, 0.5) is 22.0 Å². The fourth-order valence-corrected chi connectivity index (χ4v) is 13.3. The number of aromatic nitrogens is 5. The van der Waals surface area contributed by atoms with Crippen LogP contribution in [-0.2, 0) is 88.4 Å². The molecule has 0 saturated carbocycles. The number of amides is 8. The molecule has 7 heterocycles. The molecule has 4 atom stereocenters. The predicted octanol–water partition coefficient (Wildman–Crippen LogP) is 7.19. The summed E-state index contributed by atoms with van der Waals surface area (Å²) in [5.74, 6) is -4.53. The molecular formula is C77H88N12O17S. The molecule has 0 bridgehead atoms. The second-order valence-electron chi connectivity index (χ2n) is 27.0. The molecule has 5 N–H and O–H groups in total. The van der Waals surface area contributed by atoms with E-state index < -0.39 is 65.8 Å². The Hall–Kier alpha value is -11.1. The molecule has 0 spiro atoms. The lowest BCUT2D eigenvalue weighted by molar-refractivity contribution is -0.137. The molecular weight excluding hydrogens is 1400 g/mol. The van der Waals surface area contributed by atoms with Gasteiger partial charge >= 0.3 is 6.09 Å². The van der Waals surface area contributed by atoms with Gasteiger partial charge in [-0.3, -0.25) is 62.2 Å². The molecule has 8 amide bonds. The number of fused-ring (bicyclic) bond motifs is 3. The Bertz CT molecular complexity index is 4620. The fraction of sp³-hybridized carbons (Fsp3) is 0.390. The molecule has 7 aromatic rings. The lowest BCUT2D eigenvalue weighted by Crippen LogP contribution is -2.50. The Kier molecular flexibility index (Phi) is 25.9. The number of ether oxygens (including phenoxy) is 4. The van der Waals surface area contributed by atoms with E-state index in [4.69, 9.17) is 18.9 Å². The smallest absolute Gasteiger partial charge is 0.416 e. The molecule has 3 aromatic carbocycles. The van der Waals surface area contributed by atoms with E-state index >= 15 is 0 Å². The van der Waals surface area contributed by atoms with Gasteiger partial charge in [0, 0.05) is 139 Å². The van der Waals surface area contributed by atoms with E-state index in [1.54, 1.807) is 122 Å². The van der Waals surface area contributed by atoms with Crippen LogP contribution in [0.2, 0.25) is 0 Å². The normalized spacial score (nSPS) is 15.3. The maximum absolute atomic E-state index is 14.3. The van der Waals surface area contributed by atoms with Gasteiger partial charge in [0.05, 0.1) is 67.6 Å². The number of nitrogens with one attached hydrogen (secondary N) is 4. The van der Waals surface area contributed by atoms with Crippen LogP contribution in [0.15, 0.2) is 127 Å². The van der Waals surface area contributed by atoms with E-state index in [1.807, 2.05) is 44.4 Å². The third kappa shape index (κ3) is 19.5. The zero-order valence-corrected chi connectivity index (χ0v) is 61.8. The Balaban J connectivity index is 0.656. The van der Waals surface area contributed by atoms with Crippen molar-refractivity contribution >= 4 is 111 Å². The van der Waals surface area contributed by atoms with Crippen molar-refractivity contribution in [3.05, 3.63) is 167 Å². The first kappa shape index (κ1) is 78.5. The van der Waals surface area contributed by atoms with E-state index in [2.05, 4.69) is 32.8 Å². The summed E-state index contributed by atoms with van der Waals surface area (Å²) in [4.78, 5) is 167. The monoisotopic (exact) mass is 1480 g/mol. The molecule has 1 unspecified atom stereocenters. The maximum atomic E-state index is 14.3. The largest absolute Gasteiger partial charge is 0.493 e. The molecule has 0 aliphatic carbocycles. The summed E-state index contributed by atoms with van der Waals surface area (Å²) in [6.45, 7) is 11.8. The van der Waals surface area contributed by atoms with Crippen LogP contribution < -0.4 is 30.9 Å². The summed E-state index contributed by atoms with van der Waals surface area (Å²) in [5, 5.41) is 23.9. The summed E-state index contributed by atoms with van der Waals surface area (Å²) >= 11 is 1.61. The highest BCUT2D eigenvalue weighted by Crippen LogP contribution is 2.40. The number of imidazole rings is 1. The average Bonchev–Trinajstić information content (AvgIpc) is 1.48. The Morgan fingerprint density at radius 1 is 0.748 bits per heavy atom. The van der Waals surface area contributed by atoms with Crippen LogP contribution >= 0.6 is 11.8 Å². The van der Waals surface area contributed by atoms with E-state index in [-0.39, 0.29) is 180 Å². The number of aryl methyl sites for hydroxylation is 4.